The van der Waals surface area contributed by atoms with E-state index in [2.05, 4.69) is 15.4 Å². The minimum Gasteiger partial charge on any atom is -0.350 e. The van der Waals surface area contributed by atoms with Gasteiger partial charge in [-0.1, -0.05) is 30.5 Å². The number of nitrogens with one attached hydrogen (secondary N) is 3. The molecule has 1 aromatic rings. The van der Waals surface area contributed by atoms with Crippen LogP contribution in [0.15, 0.2) is 29.2 Å². The molecule has 1 amide bonds. The molecule has 0 unspecified atom stereocenters. The number of sulfonamides is 1. The average Bonchev–Trinajstić information content (AvgIpc) is 3.11. The van der Waals surface area contributed by atoms with Crippen molar-refractivity contribution < 1.29 is 13.2 Å². The number of hydrogen-bond donors (Lipinski definition) is 3. The summed E-state index contributed by atoms with van der Waals surface area (Å²) in [6, 6.07) is 6.28. The second kappa shape index (κ2) is 7.85. The van der Waals surface area contributed by atoms with Crippen molar-refractivity contribution in [2.24, 2.45) is 0 Å². The Morgan fingerprint density at radius 2 is 1.72 bits per heavy atom. The van der Waals surface area contributed by atoms with E-state index in [4.69, 9.17) is 0 Å². The lowest BCUT2D eigenvalue weighted by molar-refractivity contribution is -0.123. The summed E-state index contributed by atoms with van der Waals surface area (Å²) in [4.78, 5) is 12.7. The maximum atomic E-state index is 12.7. The molecule has 0 bridgehead atoms. The lowest BCUT2D eigenvalue weighted by Crippen LogP contribution is -2.55. The molecule has 1 heterocycles. The smallest absolute Gasteiger partial charge is 0.240 e. The molecule has 2 fully saturated rings. The number of hydrogen-bond acceptors (Lipinski definition) is 4. The first-order valence-corrected chi connectivity index (χ1v) is 10.6. The molecule has 1 aliphatic carbocycles. The highest BCUT2D eigenvalue weighted by Gasteiger charge is 2.32. The van der Waals surface area contributed by atoms with Crippen LogP contribution < -0.4 is 15.4 Å². The molecule has 3 atom stereocenters. The van der Waals surface area contributed by atoms with Gasteiger partial charge in [0.2, 0.25) is 15.9 Å². The lowest BCUT2D eigenvalue weighted by atomic mass is 9.91. The number of aryl methyl sites for hydroxylation is 1. The van der Waals surface area contributed by atoms with Crippen molar-refractivity contribution in [3.63, 3.8) is 0 Å². The zero-order chi connectivity index (χ0) is 17.9. The fraction of sp³-hybridized carbons (Fsp3) is 0.611. The summed E-state index contributed by atoms with van der Waals surface area (Å²) in [7, 11) is -3.58. The van der Waals surface area contributed by atoms with Crippen LogP contribution in [0.4, 0.5) is 0 Å². The second-order valence-corrected chi connectivity index (χ2v) is 8.80. The second-order valence-electron chi connectivity index (χ2n) is 7.09. The van der Waals surface area contributed by atoms with Gasteiger partial charge in [0.15, 0.2) is 0 Å². The SMILES string of the molecule is Cc1ccc(S(=O)(=O)N[C@@H]2CCCC[C@H]2NC(=O)[C@@H]2CCCN2)cc1. The third kappa shape index (κ3) is 4.59. The molecule has 1 aliphatic heterocycles. The number of carbonyl (C=O) groups excluding carboxylic acids is 1. The summed E-state index contributed by atoms with van der Waals surface area (Å²) in [5, 5.41) is 6.26. The summed E-state index contributed by atoms with van der Waals surface area (Å²) in [6.45, 7) is 2.79. The van der Waals surface area contributed by atoms with E-state index in [1.165, 1.54) is 0 Å². The van der Waals surface area contributed by atoms with Crippen LogP contribution in [0.25, 0.3) is 0 Å². The summed E-state index contributed by atoms with van der Waals surface area (Å²) in [5.41, 5.74) is 1.02. The number of benzene rings is 1. The van der Waals surface area contributed by atoms with E-state index in [1.807, 2.05) is 6.92 Å². The maximum absolute atomic E-state index is 12.7. The molecule has 0 spiro atoms. The Kier molecular flexibility index (Phi) is 5.76. The standard InChI is InChI=1S/C18H27N3O3S/c1-13-8-10-14(11-9-13)25(23,24)21-16-6-3-2-5-15(16)20-18(22)17-7-4-12-19-17/h8-11,15-17,19,21H,2-7,12H2,1H3,(H,20,22)/t15-,16-,17+/m1/s1. The maximum Gasteiger partial charge on any atom is 0.240 e. The van der Waals surface area contributed by atoms with Gasteiger partial charge in [0.25, 0.3) is 0 Å². The highest BCUT2D eigenvalue weighted by molar-refractivity contribution is 7.89. The zero-order valence-corrected chi connectivity index (χ0v) is 15.4. The molecular weight excluding hydrogens is 338 g/mol. The fourth-order valence-corrected chi connectivity index (χ4v) is 4.93. The molecule has 2 aliphatic rings. The van der Waals surface area contributed by atoms with Crippen LogP contribution in [0.1, 0.15) is 44.1 Å². The molecule has 138 valence electrons. The Bertz CT molecular complexity index is 697. The first-order valence-electron chi connectivity index (χ1n) is 9.08. The van der Waals surface area contributed by atoms with Gasteiger partial charge in [-0.05, 0) is 51.3 Å². The van der Waals surface area contributed by atoms with Crippen molar-refractivity contribution in [1.29, 1.82) is 0 Å². The lowest BCUT2D eigenvalue weighted by Gasteiger charge is -2.33. The van der Waals surface area contributed by atoms with Gasteiger partial charge in [0.1, 0.15) is 0 Å². The molecule has 3 N–H and O–H groups in total. The molecule has 1 aromatic carbocycles. The highest BCUT2D eigenvalue weighted by Crippen LogP contribution is 2.21. The normalized spacial score (nSPS) is 27.2. The van der Waals surface area contributed by atoms with Crippen molar-refractivity contribution >= 4 is 15.9 Å². The zero-order valence-electron chi connectivity index (χ0n) is 14.6. The molecule has 25 heavy (non-hydrogen) atoms. The van der Waals surface area contributed by atoms with Gasteiger partial charge in [-0.3, -0.25) is 4.79 Å². The van der Waals surface area contributed by atoms with Crippen LogP contribution in [-0.4, -0.2) is 39.0 Å². The number of carbonyl (C=O) groups is 1. The van der Waals surface area contributed by atoms with Crippen LogP contribution in [0.3, 0.4) is 0 Å². The van der Waals surface area contributed by atoms with E-state index < -0.39 is 10.0 Å². The predicted octanol–water partition coefficient (Wildman–Crippen LogP) is 1.45. The van der Waals surface area contributed by atoms with Gasteiger partial charge in [-0.25, -0.2) is 13.1 Å². The van der Waals surface area contributed by atoms with Gasteiger partial charge >= 0.3 is 0 Å². The van der Waals surface area contributed by atoms with E-state index in [-0.39, 0.29) is 28.9 Å². The molecule has 6 nitrogen and oxygen atoms in total. The Hall–Kier alpha value is -1.44. The minimum atomic E-state index is -3.58. The van der Waals surface area contributed by atoms with Gasteiger partial charge in [0, 0.05) is 12.1 Å². The first-order chi connectivity index (χ1) is 12.0. The van der Waals surface area contributed by atoms with Crippen LogP contribution in [-0.2, 0) is 14.8 Å². The van der Waals surface area contributed by atoms with E-state index in [1.54, 1.807) is 24.3 Å². The molecule has 3 rings (SSSR count). The molecule has 0 aromatic heterocycles. The monoisotopic (exact) mass is 365 g/mol. The van der Waals surface area contributed by atoms with Crippen molar-refractivity contribution in [3.05, 3.63) is 29.8 Å². The topological polar surface area (TPSA) is 87.3 Å². The number of amides is 1. The van der Waals surface area contributed by atoms with E-state index in [9.17, 15) is 13.2 Å². The molecular formula is C18H27N3O3S. The minimum absolute atomic E-state index is 0.0102. The Morgan fingerprint density at radius 3 is 2.36 bits per heavy atom. The fourth-order valence-electron chi connectivity index (χ4n) is 3.62. The predicted molar refractivity (Wildman–Crippen MR) is 96.7 cm³/mol. The molecule has 1 saturated carbocycles. The summed E-state index contributed by atoms with van der Waals surface area (Å²) in [6.07, 6.45) is 5.37. The Labute approximate surface area is 149 Å². The van der Waals surface area contributed by atoms with E-state index in [0.29, 0.717) is 0 Å². The van der Waals surface area contributed by atoms with Crippen molar-refractivity contribution in [1.82, 2.24) is 15.4 Å². The average molecular weight is 365 g/mol. The van der Waals surface area contributed by atoms with Gasteiger partial charge in [0.05, 0.1) is 10.9 Å². The van der Waals surface area contributed by atoms with Crippen LogP contribution >= 0.6 is 0 Å². The van der Waals surface area contributed by atoms with Crippen LogP contribution in [0.2, 0.25) is 0 Å². The quantitative estimate of drug-likeness (QED) is 0.737. The van der Waals surface area contributed by atoms with Crippen LogP contribution in [0, 0.1) is 6.92 Å². The van der Waals surface area contributed by atoms with Gasteiger partial charge in [-0.15, -0.1) is 0 Å². The largest absolute Gasteiger partial charge is 0.350 e. The Morgan fingerprint density at radius 1 is 1.04 bits per heavy atom. The highest BCUT2D eigenvalue weighted by atomic mass is 32.2. The van der Waals surface area contributed by atoms with Crippen molar-refractivity contribution in [2.75, 3.05) is 6.54 Å². The van der Waals surface area contributed by atoms with E-state index in [0.717, 1.165) is 50.6 Å². The van der Waals surface area contributed by atoms with Crippen LogP contribution in [0.5, 0.6) is 0 Å². The molecule has 1 saturated heterocycles. The first kappa shape index (κ1) is 18.4. The van der Waals surface area contributed by atoms with Gasteiger partial charge < -0.3 is 10.6 Å². The summed E-state index contributed by atoms with van der Waals surface area (Å²) >= 11 is 0. The van der Waals surface area contributed by atoms with Crippen molar-refractivity contribution in [3.8, 4) is 0 Å². The summed E-state index contributed by atoms with van der Waals surface area (Å²) < 4.78 is 28.1. The van der Waals surface area contributed by atoms with E-state index >= 15 is 0 Å². The third-order valence-corrected chi connectivity index (χ3v) is 6.61. The molecule has 7 heteroatoms. The molecule has 0 radical (unpaired) electrons. The van der Waals surface area contributed by atoms with Crippen molar-refractivity contribution in [2.45, 2.75) is 68.5 Å². The summed E-state index contributed by atoms with van der Waals surface area (Å²) in [5.74, 6) is -0.0102. The third-order valence-electron chi connectivity index (χ3n) is 5.11. The Balaban J connectivity index is 1.67. The van der Waals surface area contributed by atoms with Gasteiger partial charge in [-0.2, -0.15) is 0 Å². The number of rotatable bonds is 5.